The minimum Gasteiger partial charge on any atom is -0.394 e. The Labute approximate surface area is 177 Å². The van der Waals surface area contributed by atoms with Crippen molar-refractivity contribution in [3.63, 3.8) is 0 Å². The van der Waals surface area contributed by atoms with Gasteiger partial charge in [0.05, 0.1) is 13.2 Å². The first-order valence-electron chi connectivity index (χ1n) is 12.6. The summed E-state index contributed by atoms with van der Waals surface area (Å²) in [5.74, 6) is 0. The molecule has 0 saturated carbocycles. The van der Waals surface area contributed by atoms with Crippen LogP contribution < -0.4 is 0 Å². The van der Waals surface area contributed by atoms with Gasteiger partial charge in [-0.25, -0.2) is 0 Å². The van der Waals surface area contributed by atoms with E-state index in [-0.39, 0.29) is 12.7 Å². The van der Waals surface area contributed by atoms with Crippen LogP contribution in [0.5, 0.6) is 0 Å². The van der Waals surface area contributed by atoms with Crippen LogP contribution in [-0.2, 0) is 9.47 Å². The van der Waals surface area contributed by atoms with Gasteiger partial charge in [0.1, 0.15) is 6.10 Å². The molecule has 0 rings (SSSR count). The van der Waals surface area contributed by atoms with Crippen molar-refractivity contribution in [3.8, 4) is 0 Å². The molecular formula is C25H52O3. The summed E-state index contributed by atoms with van der Waals surface area (Å²) in [7, 11) is 0. The van der Waals surface area contributed by atoms with Gasteiger partial charge in [-0.2, -0.15) is 0 Å². The molecule has 0 bridgehead atoms. The van der Waals surface area contributed by atoms with Gasteiger partial charge in [-0.05, 0) is 12.8 Å². The van der Waals surface area contributed by atoms with Gasteiger partial charge < -0.3 is 14.6 Å². The minimum atomic E-state index is -0.146. The van der Waals surface area contributed by atoms with Crippen molar-refractivity contribution in [2.45, 2.75) is 136 Å². The van der Waals surface area contributed by atoms with Crippen LogP contribution in [0.15, 0.2) is 0 Å². The predicted octanol–water partition coefficient (Wildman–Crippen LogP) is 7.44. The highest BCUT2D eigenvalue weighted by molar-refractivity contribution is 4.55. The highest BCUT2D eigenvalue weighted by Crippen LogP contribution is 2.11. The molecule has 0 aliphatic carbocycles. The Bertz CT molecular complexity index is 271. The number of hydrogen-bond acceptors (Lipinski definition) is 3. The lowest BCUT2D eigenvalue weighted by atomic mass is 10.1. The quantitative estimate of drug-likeness (QED) is 0.171. The Morgan fingerprint density at radius 3 is 1.36 bits per heavy atom. The van der Waals surface area contributed by atoms with Gasteiger partial charge >= 0.3 is 0 Å². The third-order valence-corrected chi connectivity index (χ3v) is 5.50. The van der Waals surface area contributed by atoms with E-state index in [1.807, 2.05) is 0 Å². The first-order valence-corrected chi connectivity index (χ1v) is 12.6. The molecule has 0 aliphatic rings. The molecule has 0 aromatic heterocycles. The topological polar surface area (TPSA) is 38.7 Å². The smallest absolute Gasteiger partial charge is 0.104 e. The fourth-order valence-corrected chi connectivity index (χ4v) is 3.55. The SMILES string of the molecule is CCCCCCCCCCCCOC(CO)COCCCCCCCCCC. The van der Waals surface area contributed by atoms with Gasteiger partial charge in [0.25, 0.3) is 0 Å². The molecule has 0 fully saturated rings. The zero-order chi connectivity index (χ0) is 20.5. The number of aliphatic hydroxyl groups is 1. The van der Waals surface area contributed by atoms with E-state index in [0.29, 0.717) is 6.61 Å². The van der Waals surface area contributed by atoms with E-state index in [1.54, 1.807) is 0 Å². The molecule has 0 heterocycles. The maximum Gasteiger partial charge on any atom is 0.104 e. The maximum atomic E-state index is 9.43. The maximum absolute atomic E-state index is 9.43. The molecule has 0 aromatic rings. The van der Waals surface area contributed by atoms with Crippen molar-refractivity contribution < 1.29 is 14.6 Å². The predicted molar refractivity (Wildman–Crippen MR) is 122 cm³/mol. The second-order valence-electron chi connectivity index (χ2n) is 8.41. The third kappa shape index (κ3) is 22.2. The third-order valence-electron chi connectivity index (χ3n) is 5.50. The fraction of sp³-hybridized carbons (Fsp3) is 1.00. The van der Waals surface area contributed by atoms with Crippen molar-refractivity contribution in [2.24, 2.45) is 0 Å². The van der Waals surface area contributed by atoms with Gasteiger partial charge in [-0.1, -0.05) is 117 Å². The molecular weight excluding hydrogens is 348 g/mol. The zero-order valence-corrected chi connectivity index (χ0v) is 19.4. The molecule has 1 N–H and O–H groups in total. The van der Waals surface area contributed by atoms with Crippen LogP contribution in [0.25, 0.3) is 0 Å². The van der Waals surface area contributed by atoms with Crippen LogP contribution in [0, 0.1) is 0 Å². The Balaban J connectivity index is 3.27. The average molecular weight is 401 g/mol. The van der Waals surface area contributed by atoms with Crippen molar-refractivity contribution in [1.29, 1.82) is 0 Å². The van der Waals surface area contributed by atoms with Crippen LogP contribution in [-0.4, -0.2) is 37.6 Å². The summed E-state index contributed by atoms with van der Waals surface area (Å²) in [6.45, 7) is 6.68. The first-order chi connectivity index (χ1) is 13.8. The summed E-state index contributed by atoms with van der Waals surface area (Å²) in [6, 6.07) is 0. The van der Waals surface area contributed by atoms with Gasteiger partial charge in [-0.15, -0.1) is 0 Å². The molecule has 0 saturated heterocycles. The van der Waals surface area contributed by atoms with Gasteiger partial charge in [0.2, 0.25) is 0 Å². The second-order valence-corrected chi connectivity index (χ2v) is 8.41. The molecule has 0 spiro atoms. The van der Waals surface area contributed by atoms with Crippen molar-refractivity contribution in [1.82, 2.24) is 0 Å². The first kappa shape index (κ1) is 27.9. The van der Waals surface area contributed by atoms with Crippen LogP contribution in [0.4, 0.5) is 0 Å². The average Bonchev–Trinajstić information content (AvgIpc) is 2.71. The lowest BCUT2D eigenvalue weighted by molar-refractivity contribution is -0.0437. The number of rotatable bonds is 24. The number of unbranched alkanes of at least 4 members (excludes halogenated alkanes) is 16. The molecule has 0 aliphatic heterocycles. The Morgan fingerprint density at radius 2 is 0.929 bits per heavy atom. The summed E-state index contributed by atoms with van der Waals surface area (Å²) < 4.78 is 11.5. The Morgan fingerprint density at radius 1 is 0.536 bits per heavy atom. The summed E-state index contributed by atoms with van der Waals surface area (Å²) in [5, 5.41) is 9.43. The van der Waals surface area contributed by atoms with Crippen molar-refractivity contribution in [2.75, 3.05) is 26.4 Å². The van der Waals surface area contributed by atoms with E-state index in [1.165, 1.54) is 103 Å². The van der Waals surface area contributed by atoms with E-state index >= 15 is 0 Å². The molecule has 0 aromatic carbocycles. The zero-order valence-electron chi connectivity index (χ0n) is 19.4. The van der Waals surface area contributed by atoms with E-state index in [4.69, 9.17) is 9.47 Å². The lowest BCUT2D eigenvalue weighted by Gasteiger charge is -2.15. The number of aliphatic hydroxyl groups excluding tert-OH is 1. The van der Waals surface area contributed by atoms with Crippen LogP contribution >= 0.6 is 0 Å². The fourth-order valence-electron chi connectivity index (χ4n) is 3.55. The summed E-state index contributed by atoms with van der Waals surface area (Å²) in [4.78, 5) is 0. The van der Waals surface area contributed by atoms with Crippen LogP contribution in [0.3, 0.4) is 0 Å². The van der Waals surface area contributed by atoms with E-state index in [9.17, 15) is 5.11 Å². The highest BCUT2D eigenvalue weighted by atomic mass is 16.5. The molecule has 1 unspecified atom stereocenters. The van der Waals surface area contributed by atoms with Crippen molar-refractivity contribution in [3.05, 3.63) is 0 Å². The molecule has 1 atom stereocenters. The molecule has 3 heteroatoms. The summed E-state index contributed by atoms with van der Waals surface area (Å²) >= 11 is 0. The Hall–Kier alpha value is -0.120. The number of hydrogen-bond donors (Lipinski definition) is 1. The van der Waals surface area contributed by atoms with Crippen LogP contribution in [0.2, 0.25) is 0 Å². The standard InChI is InChI=1S/C25H52O3/c1-3-5-7-9-11-13-14-16-18-20-22-28-25(23-26)24-27-21-19-17-15-12-10-8-6-4-2/h25-26H,3-24H2,1-2H3. The van der Waals surface area contributed by atoms with E-state index in [2.05, 4.69) is 13.8 Å². The molecule has 28 heavy (non-hydrogen) atoms. The summed E-state index contributed by atoms with van der Waals surface area (Å²) in [6.07, 6.45) is 23.8. The molecule has 170 valence electrons. The summed E-state index contributed by atoms with van der Waals surface area (Å²) in [5.41, 5.74) is 0. The highest BCUT2D eigenvalue weighted by Gasteiger charge is 2.07. The molecule has 3 nitrogen and oxygen atoms in total. The minimum absolute atomic E-state index is 0.0647. The lowest BCUT2D eigenvalue weighted by Crippen LogP contribution is -2.24. The van der Waals surface area contributed by atoms with Crippen molar-refractivity contribution >= 4 is 0 Å². The van der Waals surface area contributed by atoms with Gasteiger partial charge in [-0.3, -0.25) is 0 Å². The Kier molecular flexibility index (Phi) is 24.8. The van der Waals surface area contributed by atoms with E-state index in [0.717, 1.165) is 26.1 Å². The molecule has 0 amide bonds. The monoisotopic (exact) mass is 400 g/mol. The van der Waals surface area contributed by atoms with Crippen LogP contribution in [0.1, 0.15) is 129 Å². The van der Waals surface area contributed by atoms with Gasteiger partial charge in [0, 0.05) is 13.2 Å². The number of ether oxygens (including phenoxy) is 2. The van der Waals surface area contributed by atoms with Gasteiger partial charge in [0.15, 0.2) is 0 Å². The molecule has 0 radical (unpaired) electrons. The van der Waals surface area contributed by atoms with E-state index < -0.39 is 0 Å². The second kappa shape index (κ2) is 24.9. The normalized spacial score (nSPS) is 12.5. The largest absolute Gasteiger partial charge is 0.394 e.